The molecule has 4 nitrogen and oxygen atoms in total. The number of amides is 1. The van der Waals surface area contributed by atoms with E-state index in [1.54, 1.807) is 0 Å². The normalized spacial score (nSPS) is 35.3. The van der Waals surface area contributed by atoms with Crippen molar-refractivity contribution in [2.45, 2.75) is 76.0 Å². The third kappa shape index (κ3) is 4.09. The smallest absolute Gasteiger partial charge is 0.265 e. The number of halogens is 1. The molecule has 0 spiro atoms. The molecule has 1 aliphatic heterocycles. The maximum absolute atomic E-state index is 12.1. The number of hydrogen-bond acceptors (Lipinski definition) is 3. The number of aliphatic imine (C=N–C) groups is 1. The number of fused-ring (bicyclic) bond motifs is 1. The SMILES string of the molecule is CC1(O)CCCC1CCCCCC1=NC2C=CC(Cl)=CC2NC1=O. The van der Waals surface area contributed by atoms with Crippen LogP contribution in [-0.2, 0) is 4.79 Å². The van der Waals surface area contributed by atoms with E-state index in [1.165, 1.54) is 0 Å². The maximum atomic E-state index is 12.1. The summed E-state index contributed by atoms with van der Waals surface area (Å²) in [5, 5.41) is 13.9. The van der Waals surface area contributed by atoms with Gasteiger partial charge >= 0.3 is 0 Å². The van der Waals surface area contributed by atoms with Gasteiger partial charge in [-0.25, -0.2) is 0 Å². The Kier molecular flexibility index (Phi) is 5.46. The van der Waals surface area contributed by atoms with Crippen molar-refractivity contribution in [2.24, 2.45) is 10.9 Å². The molecule has 0 aromatic carbocycles. The van der Waals surface area contributed by atoms with E-state index in [9.17, 15) is 9.90 Å². The van der Waals surface area contributed by atoms with E-state index in [0.717, 1.165) is 51.4 Å². The summed E-state index contributed by atoms with van der Waals surface area (Å²) in [5.74, 6) is 0.378. The predicted octanol–water partition coefficient (Wildman–Crippen LogP) is 3.49. The molecule has 0 aromatic heterocycles. The zero-order valence-corrected chi connectivity index (χ0v) is 15.1. The van der Waals surface area contributed by atoms with Crippen LogP contribution >= 0.6 is 11.6 Å². The molecule has 2 aliphatic carbocycles. The van der Waals surface area contributed by atoms with Crippen LogP contribution in [0.5, 0.6) is 0 Å². The van der Waals surface area contributed by atoms with Crippen molar-refractivity contribution in [1.29, 1.82) is 0 Å². The van der Waals surface area contributed by atoms with Gasteiger partial charge in [-0.05, 0) is 57.1 Å². The zero-order valence-electron chi connectivity index (χ0n) is 14.3. The van der Waals surface area contributed by atoms with E-state index in [0.29, 0.717) is 16.7 Å². The number of rotatable bonds is 6. The summed E-state index contributed by atoms with van der Waals surface area (Å²) in [6.45, 7) is 1.97. The highest BCUT2D eigenvalue weighted by molar-refractivity contribution is 6.39. The van der Waals surface area contributed by atoms with Crippen molar-refractivity contribution in [3.05, 3.63) is 23.3 Å². The Balaban J connectivity index is 1.42. The lowest BCUT2D eigenvalue weighted by molar-refractivity contribution is -0.115. The predicted molar refractivity (Wildman–Crippen MR) is 97.3 cm³/mol. The van der Waals surface area contributed by atoms with Crippen LogP contribution in [-0.4, -0.2) is 34.4 Å². The number of carbonyl (C=O) groups excluding carboxylic acids is 1. The van der Waals surface area contributed by atoms with Crippen LogP contribution in [0.4, 0.5) is 0 Å². The molecule has 1 amide bonds. The number of carbonyl (C=O) groups is 1. The second-order valence-electron chi connectivity index (χ2n) is 7.52. The summed E-state index contributed by atoms with van der Waals surface area (Å²) in [6, 6.07) is -0.128. The highest BCUT2D eigenvalue weighted by Crippen LogP contribution is 2.38. The van der Waals surface area contributed by atoms with E-state index in [4.69, 9.17) is 11.6 Å². The molecule has 0 saturated heterocycles. The van der Waals surface area contributed by atoms with Crippen molar-refractivity contribution in [3.8, 4) is 0 Å². The Morgan fingerprint density at radius 2 is 2.25 bits per heavy atom. The van der Waals surface area contributed by atoms with Crippen LogP contribution in [0.3, 0.4) is 0 Å². The second kappa shape index (κ2) is 7.40. The Bertz CT molecular complexity index is 580. The minimum absolute atomic E-state index is 0.0196. The Morgan fingerprint density at radius 1 is 1.42 bits per heavy atom. The summed E-state index contributed by atoms with van der Waals surface area (Å²) in [6.07, 6.45) is 13.8. The summed E-state index contributed by atoms with van der Waals surface area (Å²) in [4.78, 5) is 16.7. The minimum Gasteiger partial charge on any atom is -0.390 e. The van der Waals surface area contributed by atoms with Gasteiger partial charge in [-0.2, -0.15) is 0 Å². The largest absolute Gasteiger partial charge is 0.390 e. The molecule has 3 aliphatic rings. The molecule has 1 heterocycles. The first-order chi connectivity index (χ1) is 11.5. The zero-order chi connectivity index (χ0) is 17.2. The number of allylic oxidation sites excluding steroid dienone is 2. The molecule has 5 heteroatoms. The quantitative estimate of drug-likeness (QED) is 0.720. The molecule has 1 saturated carbocycles. The van der Waals surface area contributed by atoms with Gasteiger partial charge in [0.15, 0.2) is 0 Å². The Hall–Kier alpha value is -1.13. The molecule has 4 unspecified atom stereocenters. The van der Waals surface area contributed by atoms with Crippen LogP contribution in [0.1, 0.15) is 58.3 Å². The molecular formula is C19H27ClN2O2. The van der Waals surface area contributed by atoms with Crippen molar-refractivity contribution in [1.82, 2.24) is 5.32 Å². The second-order valence-corrected chi connectivity index (χ2v) is 7.96. The number of hydrogen-bond donors (Lipinski definition) is 2. The van der Waals surface area contributed by atoms with Gasteiger partial charge < -0.3 is 10.4 Å². The van der Waals surface area contributed by atoms with Gasteiger partial charge in [0.1, 0.15) is 5.71 Å². The highest BCUT2D eigenvalue weighted by Gasteiger charge is 2.35. The van der Waals surface area contributed by atoms with Gasteiger partial charge in [-0.1, -0.05) is 36.9 Å². The first-order valence-corrected chi connectivity index (χ1v) is 9.49. The lowest BCUT2D eigenvalue weighted by atomic mass is 9.88. The summed E-state index contributed by atoms with van der Waals surface area (Å²) in [5.41, 5.74) is 0.185. The first-order valence-electron chi connectivity index (χ1n) is 9.11. The first kappa shape index (κ1) is 17.7. The summed E-state index contributed by atoms with van der Waals surface area (Å²) in [7, 11) is 0. The molecule has 0 radical (unpaired) electrons. The van der Waals surface area contributed by atoms with Crippen molar-refractivity contribution < 1.29 is 9.90 Å². The summed E-state index contributed by atoms with van der Waals surface area (Å²) >= 11 is 5.97. The summed E-state index contributed by atoms with van der Waals surface area (Å²) < 4.78 is 0. The van der Waals surface area contributed by atoms with Crippen LogP contribution in [0, 0.1) is 5.92 Å². The average molecular weight is 351 g/mol. The molecule has 0 aromatic rings. The van der Waals surface area contributed by atoms with Gasteiger partial charge in [0, 0.05) is 5.03 Å². The van der Waals surface area contributed by atoms with Crippen molar-refractivity contribution in [2.75, 3.05) is 0 Å². The molecule has 0 bridgehead atoms. The molecule has 24 heavy (non-hydrogen) atoms. The fourth-order valence-corrected chi connectivity index (χ4v) is 4.28. The van der Waals surface area contributed by atoms with Crippen LogP contribution in [0.25, 0.3) is 0 Å². The van der Waals surface area contributed by atoms with Crippen LogP contribution in [0.15, 0.2) is 28.3 Å². The highest BCUT2D eigenvalue weighted by atomic mass is 35.5. The Morgan fingerprint density at radius 3 is 3.00 bits per heavy atom. The van der Waals surface area contributed by atoms with E-state index in [1.807, 2.05) is 25.2 Å². The standard InChI is InChI=1S/C19H27ClN2O2/c1-19(24)11-5-7-13(19)6-3-2-4-8-16-18(23)22-17-12-14(20)9-10-15(17)21-16/h9-10,12-13,15,17,24H,2-8,11H2,1H3,(H,22,23). The molecule has 4 atom stereocenters. The van der Waals surface area contributed by atoms with E-state index >= 15 is 0 Å². The van der Waals surface area contributed by atoms with Crippen molar-refractivity contribution >= 4 is 23.2 Å². The number of unbranched alkanes of at least 4 members (excludes halogenated alkanes) is 2. The van der Waals surface area contributed by atoms with E-state index in [-0.39, 0.29) is 18.0 Å². The van der Waals surface area contributed by atoms with Gasteiger partial charge in [0.05, 0.1) is 17.7 Å². The Labute approximate surface area is 149 Å². The number of aliphatic hydroxyl groups is 1. The number of nitrogens with one attached hydrogen (secondary N) is 1. The van der Waals surface area contributed by atoms with Gasteiger partial charge in [0.2, 0.25) is 0 Å². The molecular weight excluding hydrogens is 324 g/mol. The topological polar surface area (TPSA) is 61.7 Å². The monoisotopic (exact) mass is 350 g/mol. The lowest BCUT2D eigenvalue weighted by Crippen LogP contribution is -2.49. The van der Waals surface area contributed by atoms with Crippen molar-refractivity contribution in [3.63, 3.8) is 0 Å². The lowest BCUT2D eigenvalue weighted by Gasteiger charge is -2.28. The third-order valence-corrected chi connectivity index (χ3v) is 5.86. The third-order valence-electron chi connectivity index (χ3n) is 5.61. The molecule has 2 N–H and O–H groups in total. The maximum Gasteiger partial charge on any atom is 0.265 e. The molecule has 132 valence electrons. The fraction of sp³-hybridized carbons (Fsp3) is 0.684. The molecule has 1 fully saturated rings. The van der Waals surface area contributed by atoms with E-state index in [2.05, 4.69) is 10.3 Å². The fourth-order valence-electron chi connectivity index (χ4n) is 4.07. The van der Waals surface area contributed by atoms with E-state index < -0.39 is 5.60 Å². The number of nitrogens with zero attached hydrogens (tertiary/aromatic N) is 1. The average Bonchev–Trinajstić information content (AvgIpc) is 2.86. The van der Waals surface area contributed by atoms with Crippen LogP contribution < -0.4 is 5.32 Å². The van der Waals surface area contributed by atoms with Crippen LogP contribution in [0.2, 0.25) is 0 Å². The minimum atomic E-state index is -0.468. The van der Waals surface area contributed by atoms with Gasteiger partial charge in [-0.15, -0.1) is 0 Å². The van der Waals surface area contributed by atoms with Gasteiger partial charge in [0.25, 0.3) is 5.91 Å². The van der Waals surface area contributed by atoms with Gasteiger partial charge in [-0.3, -0.25) is 9.79 Å². The molecule has 3 rings (SSSR count).